The zero-order chi connectivity index (χ0) is 18.0. The number of rotatable bonds is 5. The van der Waals surface area contributed by atoms with Crippen LogP contribution in [-0.4, -0.2) is 55.4 Å². The minimum absolute atomic E-state index is 0.0278. The summed E-state index contributed by atoms with van der Waals surface area (Å²) in [5.74, 6) is -0.00422. The van der Waals surface area contributed by atoms with Crippen LogP contribution in [0.5, 0.6) is 5.75 Å². The van der Waals surface area contributed by atoms with E-state index in [1.54, 1.807) is 16.8 Å². The third-order valence-corrected chi connectivity index (χ3v) is 4.64. The molecule has 2 atom stereocenters. The van der Waals surface area contributed by atoms with Crippen LogP contribution in [0.15, 0.2) is 24.3 Å². The summed E-state index contributed by atoms with van der Waals surface area (Å²) in [6.45, 7) is 3.23. The minimum Gasteiger partial charge on any atom is -0.492 e. The summed E-state index contributed by atoms with van der Waals surface area (Å²) in [5.41, 5.74) is 0.695. The summed E-state index contributed by atoms with van der Waals surface area (Å²) >= 11 is 0. The van der Waals surface area contributed by atoms with Crippen LogP contribution in [0.1, 0.15) is 19.8 Å². The first kappa shape index (κ1) is 17.3. The SMILES string of the molecule is CCOc1ccccc1N1C[C@H](C(=O)N[C@@H]2CC(=O)N(C)C2)CC1=O. The predicted molar refractivity (Wildman–Crippen MR) is 92.3 cm³/mol. The highest BCUT2D eigenvalue weighted by Crippen LogP contribution is 2.33. The van der Waals surface area contributed by atoms with Crippen LogP contribution in [0.3, 0.4) is 0 Å². The Bertz CT molecular complexity index is 691. The molecule has 0 aromatic heterocycles. The standard InChI is InChI=1S/C18H23N3O4/c1-3-25-15-7-5-4-6-14(15)21-10-12(8-17(21)23)18(24)19-13-9-16(22)20(2)11-13/h4-7,12-13H,3,8-11H2,1-2H3,(H,19,24)/t12-,13-/m1/s1. The molecule has 7 nitrogen and oxygen atoms in total. The molecule has 1 aromatic carbocycles. The maximum atomic E-state index is 12.5. The fourth-order valence-electron chi connectivity index (χ4n) is 3.35. The van der Waals surface area contributed by atoms with E-state index < -0.39 is 5.92 Å². The average molecular weight is 345 g/mol. The molecular weight excluding hydrogens is 322 g/mol. The van der Waals surface area contributed by atoms with Gasteiger partial charge in [-0.1, -0.05) is 12.1 Å². The maximum Gasteiger partial charge on any atom is 0.227 e. The Morgan fingerprint density at radius 1 is 1.20 bits per heavy atom. The first-order valence-corrected chi connectivity index (χ1v) is 8.56. The first-order chi connectivity index (χ1) is 12.0. The van der Waals surface area contributed by atoms with Crippen molar-refractivity contribution in [1.82, 2.24) is 10.2 Å². The van der Waals surface area contributed by atoms with Gasteiger partial charge in [-0.3, -0.25) is 14.4 Å². The van der Waals surface area contributed by atoms with Gasteiger partial charge in [0.15, 0.2) is 0 Å². The van der Waals surface area contributed by atoms with Gasteiger partial charge in [-0.2, -0.15) is 0 Å². The summed E-state index contributed by atoms with van der Waals surface area (Å²) < 4.78 is 5.59. The number of benzene rings is 1. The first-order valence-electron chi connectivity index (χ1n) is 8.56. The van der Waals surface area contributed by atoms with Crippen molar-refractivity contribution in [3.8, 4) is 5.75 Å². The number of anilines is 1. The van der Waals surface area contributed by atoms with Crippen LogP contribution < -0.4 is 15.0 Å². The molecule has 7 heteroatoms. The number of nitrogens with zero attached hydrogens (tertiary/aromatic N) is 2. The molecular formula is C18H23N3O4. The number of likely N-dealkylation sites (tertiary alicyclic amines) is 1. The number of ether oxygens (including phenoxy) is 1. The van der Waals surface area contributed by atoms with Gasteiger partial charge in [0, 0.05) is 33.0 Å². The second kappa shape index (κ2) is 7.13. The Kier molecular flexibility index (Phi) is 4.92. The molecule has 0 spiro atoms. The van der Waals surface area contributed by atoms with Gasteiger partial charge in [0.25, 0.3) is 0 Å². The van der Waals surface area contributed by atoms with Crippen molar-refractivity contribution in [1.29, 1.82) is 0 Å². The van der Waals surface area contributed by atoms with E-state index >= 15 is 0 Å². The fourth-order valence-corrected chi connectivity index (χ4v) is 3.35. The second-order valence-electron chi connectivity index (χ2n) is 6.49. The van der Waals surface area contributed by atoms with Crippen LogP contribution in [-0.2, 0) is 14.4 Å². The van der Waals surface area contributed by atoms with E-state index in [2.05, 4.69) is 5.32 Å². The van der Waals surface area contributed by atoms with Gasteiger partial charge in [0.2, 0.25) is 17.7 Å². The molecule has 2 aliphatic heterocycles. The number of likely N-dealkylation sites (N-methyl/N-ethyl adjacent to an activating group) is 1. The molecule has 0 saturated carbocycles. The highest BCUT2D eigenvalue weighted by atomic mass is 16.5. The Labute approximate surface area is 146 Å². The molecule has 2 fully saturated rings. The third kappa shape index (κ3) is 3.60. The topological polar surface area (TPSA) is 79.0 Å². The molecule has 25 heavy (non-hydrogen) atoms. The quantitative estimate of drug-likeness (QED) is 0.856. The van der Waals surface area contributed by atoms with Crippen molar-refractivity contribution in [3.05, 3.63) is 24.3 Å². The fraction of sp³-hybridized carbons (Fsp3) is 0.500. The molecule has 3 amide bonds. The molecule has 3 rings (SSSR count). The van der Waals surface area contributed by atoms with Crippen molar-refractivity contribution in [2.24, 2.45) is 5.92 Å². The summed E-state index contributed by atoms with van der Waals surface area (Å²) in [5, 5.41) is 2.90. The number of nitrogens with one attached hydrogen (secondary N) is 1. The number of carbonyl (C=O) groups excluding carboxylic acids is 3. The van der Waals surface area contributed by atoms with Crippen molar-refractivity contribution < 1.29 is 19.1 Å². The lowest BCUT2D eigenvalue weighted by atomic mass is 10.1. The highest BCUT2D eigenvalue weighted by Gasteiger charge is 2.38. The number of hydrogen-bond acceptors (Lipinski definition) is 4. The number of hydrogen-bond donors (Lipinski definition) is 1. The second-order valence-corrected chi connectivity index (χ2v) is 6.49. The lowest BCUT2D eigenvalue weighted by Crippen LogP contribution is -2.41. The lowest BCUT2D eigenvalue weighted by molar-refractivity contribution is -0.127. The number of para-hydroxylation sites is 2. The largest absolute Gasteiger partial charge is 0.492 e. The van der Waals surface area contributed by atoms with E-state index in [4.69, 9.17) is 4.74 Å². The van der Waals surface area contributed by atoms with E-state index in [1.807, 2.05) is 31.2 Å². The van der Waals surface area contributed by atoms with Crippen LogP contribution in [0.4, 0.5) is 5.69 Å². The van der Waals surface area contributed by atoms with Crippen LogP contribution in [0.2, 0.25) is 0 Å². The van der Waals surface area contributed by atoms with Gasteiger partial charge < -0.3 is 19.9 Å². The summed E-state index contributed by atoms with van der Waals surface area (Å²) in [6, 6.07) is 7.17. The zero-order valence-electron chi connectivity index (χ0n) is 14.5. The molecule has 134 valence electrons. The Hall–Kier alpha value is -2.57. The van der Waals surface area contributed by atoms with E-state index in [0.29, 0.717) is 37.6 Å². The predicted octanol–water partition coefficient (Wildman–Crippen LogP) is 0.785. The summed E-state index contributed by atoms with van der Waals surface area (Å²) in [4.78, 5) is 39.7. The van der Waals surface area contributed by atoms with E-state index in [1.165, 1.54) is 0 Å². The monoisotopic (exact) mass is 345 g/mol. The zero-order valence-corrected chi connectivity index (χ0v) is 14.5. The minimum atomic E-state index is -0.414. The molecule has 0 unspecified atom stereocenters. The Morgan fingerprint density at radius 3 is 2.64 bits per heavy atom. The van der Waals surface area contributed by atoms with Gasteiger partial charge in [-0.05, 0) is 19.1 Å². The van der Waals surface area contributed by atoms with E-state index in [9.17, 15) is 14.4 Å². The van der Waals surface area contributed by atoms with Crippen LogP contribution >= 0.6 is 0 Å². The summed E-state index contributed by atoms with van der Waals surface area (Å²) in [6.07, 6.45) is 0.489. The van der Waals surface area contributed by atoms with Crippen LogP contribution in [0.25, 0.3) is 0 Å². The van der Waals surface area contributed by atoms with Crippen molar-refractivity contribution in [2.75, 3.05) is 31.6 Å². The number of amides is 3. The highest BCUT2D eigenvalue weighted by molar-refractivity contribution is 6.01. The molecule has 0 radical (unpaired) electrons. The maximum absolute atomic E-state index is 12.5. The molecule has 0 bridgehead atoms. The average Bonchev–Trinajstić information content (AvgIpc) is 3.11. The van der Waals surface area contributed by atoms with Gasteiger partial charge >= 0.3 is 0 Å². The van der Waals surface area contributed by atoms with Crippen LogP contribution in [0, 0.1) is 5.92 Å². The molecule has 2 aliphatic rings. The van der Waals surface area contributed by atoms with E-state index in [-0.39, 0.29) is 30.2 Å². The van der Waals surface area contributed by atoms with Crippen molar-refractivity contribution in [3.63, 3.8) is 0 Å². The molecule has 0 aliphatic carbocycles. The molecule has 2 saturated heterocycles. The van der Waals surface area contributed by atoms with Crippen molar-refractivity contribution >= 4 is 23.4 Å². The number of carbonyl (C=O) groups is 3. The van der Waals surface area contributed by atoms with Gasteiger partial charge in [0.05, 0.1) is 24.3 Å². The van der Waals surface area contributed by atoms with E-state index in [0.717, 1.165) is 0 Å². The Morgan fingerprint density at radius 2 is 1.96 bits per heavy atom. The van der Waals surface area contributed by atoms with Gasteiger partial charge in [0.1, 0.15) is 5.75 Å². The smallest absolute Gasteiger partial charge is 0.227 e. The van der Waals surface area contributed by atoms with Gasteiger partial charge in [-0.25, -0.2) is 0 Å². The summed E-state index contributed by atoms with van der Waals surface area (Å²) in [7, 11) is 1.72. The Balaban J connectivity index is 1.66. The molecule has 1 N–H and O–H groups in total. The molecule has 2 heterocycles. The van der Waals surface area contributed by atoms with Crippen molar-refractivity contribution in [2.45, 2.75) is 25.8 Å². The van der Waals surface area contributed by atoms with Gasteiger partial charge in [-0.15, -0.1) is 0 Å². The lowest BCUT2D eigenvalue weighted by Gasteiger charge is -2.20. The third-order valence-electron chi connectivity index (χ3n) is 4.64. The normalized spacial score (nSPS) is 23.3. The molecule has 1 aromatic rings.